The Kier molecular flexibility index (Phi) is 6.39. The number of nitrogens with zero attached hydrogens (tertiary/aromatic N) is 2. The summed E-state index contributed by atoms with van der Waals surface area (Å²) < 4.78 is 27.1. The van der Waals surface area contributed by atoms with Gasteiger partial charge in [-0.05, 0) is 36.5 Å². The summed E-state index contributed by atoms with van der Waals surface area (Å²) in [6.45, 7) is 1.41. The number of rotatable bonds is 5. The molecule has 1 saturated carbocycles. The largest absolute Gasteiger partial charge is 0.331 e. The minimum Gasteiger partial charge on any atom is -0.331 e. The van der Waals surface area contributed by atoms with E-state index < -0.39 is 10.0 Å². The first-order chi connectivity index (χ1) is 14.6. The van der Waals surface area contributed by atoms with Crippen LogP contribution in [-0.4, -0.2) is 49.8 Å². The summed E-state index contributed by atoms with van der Waals surface area (Å²) in [5, 5.41) is 3.25. The van der Waals surface area contributed by atoms with Gasteiger partial charge in [0, 0.05) is 26.2 Å². The lowest BCUT2D eigenvalue weighted by molar-refractivity contribution is 0.165. The molecule has 30 heavy (non-hydrogen) atoms. The molecule has 0 spiro atoms. The maximum Gasteiger partial charge on any atom is 0.317 e. The Morgan fingerprint density at radius 3 is 2.03 bits per heavy atom. The summed E-state index contributed by atoms with van der Waals surface area (Å²) in [7, 11) is -3.52. The Morgan fingerprint density at radius 2 is 1.43 bits per heavy atom. The molecule has 1 saturated heterocycles. The molecule has 2 amide bonds. The van der Waals surface area contributed by atoms with Crippen molar-refractivity contribution in [1.82, 2.24) is 14.5 Å². The molecular formula is C23H29N3O3S. The third kappa shape index (κ3) is 4.52. The third-order valence-electron chi connectivity index (χ3n) is 6.22. The third-order valence-corrected chi connectivity index (χ3v) is 8.13. The first kappa shape index (κ1) is 20.9. The van der Waals surface area contributed by atoms with Gasteiger partial charge in [0.2, 0.25) is 10.0 Å². The van der Waals surface area contributed by atoms with Crippen molar-refractivity contribution in [1.29, 1.82) is 0 Å². The van der Waals surface area contributed by atoms with Crippen molar-refractivity contribution in [3.8, 4) is 0 Å². The van der Waals surface area contributed by atoms with Gasteiger partial charge in [0.05, 0.1) is 10.9 Å². The van der Waals surface area contributed by atoms with Crippen LogP contribution in [0.5, 0.6) is 0 Å². The molecule has 2 aromatic rings. The van der Waals surface area contributed by atoms with Gasteiger partial charge in [-0.15, -0.1) is 0 Å². The molecule has 2 fully saturated rings. The van der Waals surface area contributed by atoms with Crippen LogP contribution in [0.15, 0.2) is 65.6 Å². The second kappa shape index (κ2) is 9.18. The van der Waals surface area contributed by atoms with Crippen molar-refractivity contribution in [2.45, 2.75) is 36.6 Å². The monoisotopic (exact) mass is 427 g/mol. The fourth-order valence-corrected chi connectivity index (χ4v) is 5.97. The van der Waals surface area contributed by atoms with Gasteiger partial charge in [-0.3, -0.25) is 0 Å². The molecule has 1 unspecified atom stereocenters. The van der Waals surface area contributed by atoms with Crippen molar-refractivity contribution < 1.29 is 13.2 Å². The fraction of sp³-hybridized carbons (Fsp3) is 0.435. The zero-order valence-electron chi connectivity index (χ0n) is 17.1. The molecule has 6 nitrogen and oxygen atoms in total. The minimum atomic E-state index is -3.52. The molecule has 7 heteroatoms. The lowest BCUT2D eigenvalue weighted by Crippen LogP contribution is -2.53. The Bertz CT molecular complexity index is 936. The molecule has 1 heterocycles. The summed E-state index contributed by atoms with van der Waals surface area (Å²) in [4.78, 5) is 15.0. The predicted molar refractivity (Wildman–Crippen MR) is 116 cm³/mol. The second-order valence-corrected chi connectivity index (χ2v) is 10.0. The molecule has 0 radical (unpaired) electrons. The average molecular weight is 428 g/mol. The highest BCUT2D eigenvalue weighted by molar-refractivity contribution is 7.89. The van der Waals surface area contributed by atoms with Crippen molar-refractivity contribution in [3.63, 3.8) is 0 Å². The topological polar surface area (TPSA) is 69.7 Å². The van der Waals surface area contributed by atoms with Crippen LogP contribution in [0.1, 0.15) is 37.3 Å². The van der Waals surface area contributed by atoms with E-state index in [9.17, 15) is 13.2 Å². The predicted octanol–water partition coefficient (Wildman–Crippen LogP) is 3.63. The number of hydrogen-bond acceptors (Lipinski definition) is 3. The summed E-state index contributed by atoms with van der Waals surface area (Å²) >= 11 is 0. The lowest BCUT2D eigenvalue weighted by Gasteiger charge is -2.35. The van der Waals surface area contributed by atoms with Crippen LogP contribution in [0.4, 0.5) is 4.79 Å². The first-order valence-corrected chi connectivity index (χ1v) is 12.2. The Hall–Kier alpha value is -2.38. The molecule has 2 aliphatic rings. The number of carbonyl (C=O) groups excluding carboxylic acids is 1. The smallest absolute Gasteiger partial charge is 0.317 e. The first-order valence-electron chi connectivity index (χ1n) is 10.7. The van der Waals surface area contributed by atoms with E-state index in [0.29, 0.717) is 37.0 Å². The highest BCUT2D eigenvalue weighted by Crippen LogP contribution is 2.35. The number of nitrogens with one attached hydrogen (secondary N) is 1. The van der Waals surface area contributed by atoms with Gasteiger partial charge in [-0.2, -0.15) is 4.31 Å². The molecule has 4 rings (SSSR count). The Labute approximate surface area is 178 Å². The molecular weight excluding hydrogens is 398 g/mol. The van der Waals surface area contributed by atoms with Gasteiger partial charge in [0.1, 0.15) is 0 Å². The SMILES string of the molecule is O=C(NC(c1ccccc1)C1CCCC1)N1CCN(S(=O)(=O)c2ccccc2)CC1. The average Bonchev–Trinajstić information content (AvgIpc) is 3.33. The van der Waals surface area contributed by atoms with E-state index in [-0.39, 0.29) is 12.1 Å². The van der Waals surface area contributed by atoms with E-state index in [1.165, 1.54) is 17.1 Å². The highest BCUT2D eigenvalue weighted by atomic mass is 32.2. The summed E-state index contributed by atoms with van der Waals surface area (Å²) in [6.07, 6.45) is 4.67. The van der Waals surface area contributed by atoms with Gasteiger partial charge >= 0.3 is 6.03 Å². The van der Waals surface area contributed by atoms with Crippen LogP contribution in [0.25, 0.3) is 0 Å². The zero-order chi connectivity index (χ0) is 21.0. The van der Waals surface area contributed by atoms with Gasteiger partial charge in [-0.25, -0.2) is 13.2 Å². The van der Waals surface area contributed by atoms with E-state index in [1.54, 1.807) is 35.2 Å². The van der Waals surface area contributed by atoms with E-state index in [1.807, 2.05) is 18.2 Å². The highest BCUT2D eigenvalue weighted by Gasteiger charge is 2.32. The van der Waals surface area contributed by atoms with Crippen molar-refractivity contribution in [2.24, 2.45) is 5.92 Å². The van der Waals surface area contributed by atoms with E-state index in [2.05, 4.69) is 17.4 Å². The van der Waals surface area contributed by atoms with Crippen molar-refractivity contribution in [3.05, 3.63) is 66.2 Å². The van der Waals surface area contributed by atoms with Crippen molar-refractivity contribution >= 4 is 16.1 Å². The number of piperazine rings is 1. The van der Waals surface area contributed by atoms with Crippen LogP contribution in [0.3, 0.4) is 0 Å². The maximum atomic E-state index is 13.0. The number of urea groups is 1. The van der Waals surface area contributed by atoms with Crippen LogP contribution in [0, 0.1) is 5.92 Å². The van der Waals surface area contributed by atoms with Gasteiger partial charge in [0.25, 0.3) is 0 Å². The van der Waals surface area contributed by atoms with Gasteiger partial charge < -0.3 is 10.2 Å². The van der Waals surface area contributed by atoms with Crippen LogP contribution >= 0.6 is 0 Å². The van der Waals surface area contributed by atoms with Crippen molar-refractivity contribution in [2.75, 3.05) is 26.2 Å². The summed E-state index contributed by atoms with van der Waals surface area (Å²) in [5.74, 6) is 0.455. The zero-order valence-corrected chi connectivity index (χ0v) is 17.9. The summed E-state index contributed by atoms with van der Waals surface area (Å²) in [5.41, 5.74) is 1.14. The molecule has 1 aliphatic carbocycles. The van der Waals surface area contributed by atoms with Gasteiger partial charge in [0.15, 0.2) is 0 Å². The lowest BCUT2D eigenvalue weighted by atomic mass is 9.92. The second-order valence-electron chi connectivity index (χ2n) is 8.09. The number of hydrogen-bond donors (Lipinski definition) is 1. The van der Waals surface area contributed by atoms with E-state index >= 15 is 0 Å². The van der Waals surface area contributed by atoms with Crippen LogP contribution in [0.2, 0.25) is 0 Å². The fourth-order valence-electron chi connectivity index (χ4n) is 4.52. The number of benzene rings is 2. The molecule has 160 valence electrons. The van der Waals surface area contributed by atoms with Crippen LogP contribution < -0.4 is 5.32 Å². The molecule has 2 aromatic carbocycles. The molecule has 1 atom stereocenters. The molecule has 1 N–H and O–H groups in total. The quantitative estimate of drug-likeness (QED) is 0.792. The molecule has 1 aliphatic heterocycles. The standard InChI is InChI=1S/C23H29N3O3S/c27-23(24-22(20-11-7-8-12-20)19-9-3-1-4-10-19)25-15-17-26(18-16-25)30(28,29)21-13-5-2-6-14-21/h1-6,9-10,13-14,20,22H,7-8,11-12,15-18H2,(H,24,27). The summed E-state index contributed by atoms with van der Waals surface area (Å²) in [6, 6.07) is 18.5. The minimum absolute atomic E-state index is 0.00674. The number of sulfonamides is 1. The number of carbonyl (C=O) groups is 1. The van der Waals surface area contributed by atoms with E-state index in [4.69, 9.17) is 0 Å². The Morgan fingerprint density at radius 1 is 0.867 bits per heavy atom. The molecule has 0 bridgehead atoms. The van der Waals surface area contributed by atoms with Gasteiger partial charge in [-0.1, -0.05) is 61.4 Å². The maximum absolute atomic E-state index is 13.0. The normalized spacial score (nSPS) is 19.5. The molecule has 0 aromatic heterocycles. The number of amides is 2. The van der Waals surface area contributed by atoms with E-state index in [0.717, 1.165) is 18.4 Å². The Balaban J connectivity index is 1.40. The van der Waals surface area contributed by atoms with Crippen LogP contribution in [-0.2, 0) is 10.0 Å².